The first-order chi connectivity index (χ1) is 10.8. The molecule has 0 saturated carbocycles. The molecule has 0 spiro atoms. The Labute approximate surface area is 133 Å². The molecule has 0 aliphatic carbocycles. The van der Waals surface area contributed by atoms with E-state index in [1.54, 1.807) is 0 Å². The van der Waals surface area contributed by atoms with Crippen LogP contribution in [-0.2, 0) is 4.74 Å². The summed E-state index contributed by atoms with van der Waals surface area (Å²) in [6.45, 7) is 4.52. The smallest absolute Gasteiger partial charge is 0.265 e. The van der Waals surface area contributed by atoms with Gasteiger partial charge in [0.15, 0.2) is 11.5 Å². The highest BCUT2D eigenvalue weighted by molar-refractivity contribution is 7.12. The predicted octanol–water partition coefficient (Wildman–Crippen LogP) is 1.11. The van der Waals surface area contributed by atoms with Gasteiger partial charge < -0.3 is 19.5 Å². The molecule has 1 aromatic rings. The average Bonchev–Trinajstić information content (AvgIpc) is 3.27. The summed E-state index contributed by atoms with van der Waals surface area (Å²) in [6.07, 6.45) is 2.47. The van der Waals surface area contributed by atoms with Gasteiger partial charge in [-0.15, -0.1) is 11.3 Å². The molecule has 4 heterocycles. The second-order valence-corrected chi connectivity index (χ2v) is 6.76. The standard InChI is InChI=1S/C15H20N2O4S/c18-15(14-13-12(9-22-14)20-5-6-21-13)16-10-7-19-8-11(10)17-3-1-2-4-17/h9-11H,1-8H2,(H,16,18). The lowest BCUT2D eigenvalue weighted by atomic mass is 10.1. The predicted molar refractivity (Wildman–Crippen MR) is 82.0 cm³/mol. The van der Waals surface area contributed by atoms with E-state index in [1.165, 1.54) is 24.2 Å². The number of hydrogen-bond acceptors (Lipinski definition) is 6. The van der Waals surface area contributed by atoms with E-state index in [-0.39, 0.29) is 11.9 Å². The Hall–Kier alpha value is -1.31. The summed E-state index contributed by atoms with van der Waals surface area (Å²) in [5.41, 5.74) is 0. The Kier molecular flexibility index (Phi) is 3.94. The van der Waals surface area contributed by atoms with E-state index < -0.39 is 0 Å². The molecule has 4 rings (SSSR count). The van der Waals surface area contributed by atoms with Crippen LogP contribution in [0.5, 0.6) is 11.5 Å². The highest BCUT2D eigenvalue weighted by Crippen LogP contribution is 2.39. The molecular formula is C15H20N2O4S. The third-order valence-corrected chi connectivity index (χ3v) is 5.42. The van der Waals surface area contributed by atoms with Crippen molar-refractivity contribution < 1.29 is 19.0 Å². The van der Waals surface area contributed by atoms with Crippen molar-refractivity contribution in [3.63, 3.8) is 0 Å². The van der Waals surface area contributed by atoms with E-state index in [9.17, 15) is 4.79 Å². The van der Waals surface area contributed by atoms with E-state index in [2.05, 4.69) is 10.2 Å². The van der Waals surface area contributed by atoms with E-state index in [1.807, 2.05) is 5.38 Å². The van der Waals surface area contributed by atoms with Crippen molar-refractivity contribution >= 4 is 17.2 Å². The van der Waals surface area contributed by atoms with Crippen molar-refractivity contribution in [3.8, 4) is 11.5 Å². The first-order valence-corrected chi connectivity index (χ1v) is 8.70. The maximum absolute atomic E-state index is 12.6. The molecule has 1 N–H and O–H groups in total. The summed E-state index contributed by atoms with van der Waals surface area (Å²) in [5.74, 6) is 1.18. The van der Waals surface area contributed by atoms with Gasteiger partial charge in [-0.25, -0.2) is 0 Å². The molecule has 7 heteroatoms. The Morgan fingerprint density at radius 2 is 2.05 bits per heavy atom. The van der Waals surface area contributed by atoms with Crippen LogP contribution in [0.25, 0.3) is 0 Å². The zero-order valence-corrected chi connectivity index (χ0v) is 13.2. The normalized spacial score (nSPS) is 28.0. The van der Waals surface area contributed by atoms with Gasteiger partial charge in [0, 0.05) is 5.38 Å². The Bertz CT molecular complexity index is 556. The minimum absolute atomic E-state index is 0.0489. The van der Waals surface area contributed by atoms with Crippen LogP contribution >= 0.6 is 11.3 Å². The second-order valence-electron chi connectivity index (χ2n) is 5.88. The first-order valence-electron chi connectivity index (χ1n) is 7.82. The molecule has 1 amide bonds. The number of likely N-dealkylation sites (tertiary alicyclic amines) is 1. The summed E-state index contributed by atoms with van der Waals surface area (Å²) < 4.78 is 16.7. The van der Waals surface area contributed by atoms with Crippen LogP contribution < -0.4 is 14.8 Å². The molecule has 120 valence electrons. The summed E-state index contributed by atoms with van der Waals surface area (Å²) in [7, 11) is 0. The zero-order chi connectivity index (χ0) is 14.9. The van der Waals surface area contributed by atoms with Crippen molar-refractivity contribution in [2.45, 2.75) is 24.9 Å². The molecule has 0 bridgehead atoms. The topological polar surface area (TPSA) is 60.0 Å². The molecule has 6 nitrogen and oxygen atoms in total. The SMILES string of the molecule is O=C(NC1COCC1N1CCCC1)c1scc2c1OCCO2. The van der Waals surface area contributed by atoms with Crippen LogP contribution in [0.15, 0.2) is 5.38 Å². The van der Waals surface area contributed by atoms with Gasteiger partial charge in [-0.05, 0) is 25.9 Å². The van der Waals surface area contributed by atoms with E-state index in [4.69, 9.17) is 14.2 Å². The number of thiophene rings is 1. The fourth-order valence-corrected chi connectivity index (χ4v) is 4.20. The molecule has 2 unspecified atom stereocenters. The van der Waals surface area contributed by atoms with Crippen molar-refractivity contribution in [3.05, 3.63) is 10.3 Å². The quantitative estimate of drug-likeness (QED) is 0.903. The molecule has 1 aromatic heterocycles. The molecule has 3 aliphatic heterocycles. The van der Waals surface area contributed by atoms with Crippen molar-refractivity contribution in [1.29, 1.82) is 0 Å². The van der Waals surface area contributed by atoms with Gasteiger partial charge in [0.25, 0.3) is 5.91 Å². The number of carbonyl (C=O) groups is 1. The number of nitrogens with zero attached hydrogens (tertiary/aromatic N) is 1. The van der Waals surface area contributed by atoms with Gasteiger partial charge in [0.1, 0.15) is 18.1 Å². The molecule has 3 aliphatic rings. The third-order valence-electron chi connectivity index (χ3n) is 4.48. The molecule has 0 radical (unpaired) electrons. The monoisotopic (exact) mass is 324 g/mol. The lowest BCUT2D eigenvalue weighted by Crippen LogP contribution is -2.50. The maximum Gasteiger partial charge on any atom is 0.265 e. The van der Waals surface area contributed by atoms with Gasteiger partial charge in [-0.3, -0.25) is 9.69 Å². The van der Waals surface area contributed by atoms with Crippen molar-refractivity contribution in [2.24, 2.45) is 0 Å². The van der Waals surface area contributed by atoms with Crippen LogP contribution in [0.1, 0.15) is 22.5 Å². The Morgan fingerprint density at radius 3 is 2.91 bits per heavy atom. The highest BCUT2D eigenvalue weighted by atomic mass is 32.1. The number of carbonyl (C=O) groups excluding carboxylic acids is 1. The molecule has 22 heavy (non-hydrogen) atoms. The van der Waals surface area contributed by atoms with Crippen LogP contribution in [-0.4, -0.2) is 62.4 Å². The molecule has 2 fully saturated rings. The summed E-state index contributed by atoms with van der Waals surface area (Å²) in [6, 6.07) is 0.340. The van der Waals surface area contributed by atoms with Gasteiger partial charge >= 0.3 is 0 Å². The largest absolute Gasteiger partial charge is 0.485 e. The lowest BCUT2D eigenvalue weighted by Gasteiger charge is -2.27. The summed E-state index contributed by atoms with van der Waals surface area (Å²) in [5, 5.41) is 4.97. The molecule has 2 atom stereocenters. The van der Waals surface area contributed by atoms with E-state index >= 15 is 0 Å². The number of rotatable bonds is 3. The number of ether oxygens (including phenoxy) is 3. The molecular weight excluding hydrogens is 304 g/mol. The minimum Gasteiger partial charge on any atom is -0.485 e. The fourth-order valence-electron chi connectivity index (χ4n) is 3.37. The number of hydrogen-bond donors (Lipinski definition) is 1. The van der Waals surface area contributed by atoms with E-state index in [0.717, 1.165) is 13.1 Å². The molecule has 2 saturated heterocycles. The maximum atomic E-state index is 12.6. The van der Waals surface area contributed by atoms with Crippen molar-refractivity contribution in [1.82, 2.24) is 10.2 Å². The summed E-state index contributed by atoms with van der Waals surface area (Å²) in [4.78, 5) is 15.6. The number of nitrogens with one attached hydrogen (secondary N) is 1. The van der Waals surface area contributed by atoms with Gasteiger partial charge in [0.05, 0.1) is 25.3 Å². The van der Waals surface area contributed by atoms with E-state index in [0.29, 0.717) is 48.8 Å². The molecule has 0 aromatic carbocycles. The van der Waals surface area contributed by atoms with Gasteiger partial charge in [0.2, 0.25) is 0 Å². The zero-order valence-electron chi connectivity index (χ0n) is 12.4. The van der Waals surface area contributed by atoms with Gasteiger partial charge in [-0.1, -0.05) is 0 Å². The fraction of sp³-hybridized carbons (Fsp3) is 0.667. The third kappa shape index (κ3) is 2.57. The number of fused-ring (bicyclic) bond motifs is 1. The Balaban J connectivity index is 1.46. The van der Waals surface area contributed by atoms with Crippen LogP contribution in [0.2, 0.25) is 0 Å². The second kappa shape index (κ2) is 6.06. The number of amides is 1. The first kappa shape index (κ1) is 14.3. The van der Waals surface area contributed by atoms with Crippen LogP contribution in [0.4, 0.5) is 0 Å². The Morgan fingerprint density at radius 1 is 1.23 bits per heavy atom. The highest BCUT2D eigenvalue weighted by Gasteiger charge is 2.36. The lowest BCUT2D eigenvalue weighted by molar-refractivity contribution is 0.0912. The van der Waals surface area contributed by atoms with Crippen LogP contribution in [0.3, 0.4) is 0 Å². The van der Waals surface area contributed by atoms with Crippen LogP contribution in [0, 0.1) is 0 Å². The minimum atomic E-state index is -0.0866. The van der Waals surface area contributed by atoms with Gasteiger partial charge in [-0.2, -0.15) is 0 Å². The average molecular weight is 324 g/mol. The summed E-state index contributed by atoms with van der Waals surface area (Å²) >= 11 is 1.37. The van der Waals surface area contributed by atoms with Crippen molar-refractivity contribution in [2.75, 3.05) is 39.5 Å².